The second-order valence-corrected chi connectivity index (χ2v) is 6.52. The summed E-state index contributed by atoms with van der Waals surface area (Å²) in [6, 6.07) is 6.07. The van der Waals surface area contributed by atoms with Crippen molar-refractivity contribution in [1.82, 2.24) is 9.55 Å². The van der Waals surface area contributed by atoms with Crippen molar-refractivity contribution in [1.29, 1.82) is 0 Å². The fourth-order valence-electron chi connectivity index (χ4n) is 2.91. The lowest BCUT2D eigenvalue weighted by atomic mass is 10.3. The average Bonchev–Trinajstić information content (AvgIpc) is 3.37. The monoisotopic (exact) mass is 285 g/mol. The molecule has 4 heteroatoms. The summed E-state index contributed by atoms with van der Waals surface area (Å²) in [6.45, 7) is 2.81. The van der Waals surface area contributed by atoms with Crippen LogP contribution in [0.4, 0.5) is 5.69 Å². The summed E-state index contributed by atoms with van der Waals surface area (Å²) in [5.74, 6) is 2.76. The van der Waals surface area contributed by atoms with Crippen molar-refractivity contribution < 1.29 is 4.74 Å². The minimum atomic E-state index is 0.658. The second-order valence-electron chi connectivity index (χ2n) is 6.52. The fourth-order valence-corrected chi connectivity index (χ4v) is 2.91. The van der Waals surface area contributed by atoms with E-state index >= 15 is 0 Å². The van der Waals surface area contributed by atoms with Gasteiger partial charge in [-0.15, -0.1) is 0 Å². The molecule has 0 bridgehead atoms. The third-order valence-electron chi connectivity index (χ3n) is 4.47. The molecule has 2 aliphatic rings. The SMILES string of the molecule is Nc1ccc2c(c1)nc(C1CC1)n2CCCOCC1CC1. The van der Waals surface area contributed by atoms with Crippen molar-refractivity contribution in [3.63, 3.8) is 0 Å². The number of anilines is 1. The second kappa shape index (κ2) is 5.34. The maximum atomic E-state index is 5.88. The molecule has 0 spiro atoms. The molecule has 1 aromatic heterocycles. The Balaban J connectivity index is 1.47. The highest BCUT2D eigenvalue weighted by molar-refractivity contribution is 5.79. The summed E-state index contributed by atoms with van der Waals surface area (Å²) in [4.78, 5) is 4.81. The maximum absolute atomic E-state index is 5.88. The summed E-state index contributed by atoms with van der Waals surface area (Å²) in [5.41, 5.74) is 8.93. The quantitative estimate of drug-likeness (QED) is 0.627. The molecule has 0 amide bonds. The highest BCUT2D eigenvalue weighted by Crippen LogP contribution is 2.41. The fraction of sp³-hybridized carbons (Fsp3) is 0.588. The molecule has 1 heterocycles. The number of hydrogen-bond donors (Lipinski definition) is 1. The third kappa shape index (κ3) is 2.91. The van der Waals surface area contributed by atoms with Crippen molar-refractivity contribution in [3.8, 4) is 0 Å². The van der Waals surface area contributed by atoms with Crippen molar-refractivity contribution in [2.45, 2.75) is 44.6 Å². The van der Waals surface area contributed by atoms with Gasteiger partial charge >= 0.3 is 0 Å². The lowest BCUT2D eigenvalue weighted by molar-refractivity contribution is 0.119. The normalized spacial score (nSPS) is 18.5. The first-order chi connectivity index (χ1) is 10.3. The summed E-state index contributed by atoms with van der Waals surface area (Å²) >= 11 is 0. The van der Waals surface area contributed by atoms with Gasteiger partial charge in [-0.3, -0.25) is 0 Å². The van der Waals surface area contributed by atoms with Crippen LogP contribution < -0.4 is 5.73 Å². The van der Waals surface area contributed by atoms with Gasteiger partial charge in [-0.25, -0.2) is 4.98 Å². The van der Waals surface area contributed by atoms with Crippen molar-refractivity contribution >= 4 is 16.7 Å². The number of aromatic nitrogens is 2. The predicted molar refractivity (Wildman–Crippen MR) is 84.3 cm³/mol. The van der Waals surface area contributed by atoms with E-state index in [-0.39, 0.29) is 0 Å². The zero-order valence-electron chi connectivity index (χ0n) is 12.4. The van der Waals surface area contributed by atoms with Crippen LogP contribution in [0.1, 0.15) is 43.8 Å². The maximum Gasteiger partial charge on any atom is 0.112 e. The first-order valence-corrected chi connectivity index (χ1v) is 8.14. The first kappa shape index (κ1) is 13.1. The number of aryl methyl sites for hydroxylation is 1. The molecular formula is C17H23N3O. The number of ether oxygens (including phenoxy) is 1. The van der Waals surface area contributed by atoms with E-state index in [9.17, 15) is 0 Å². The van der Waals surface area contributed by atoms with E-state index in [1.54, 1.807) is 0 Å². The van der Waals surface area contributed by atoms with Gasteiger partial charge in [0.1, 0.15) is 5.82 Å². The molecule has 0 aliphatic heterocycles. The number of nitrogen functional groups attached to an aromatic ring is 1. The summed E-state index contributed by atoms with van der Waals surface area (Å²) < 4.78 is 8.13. The molecule has 0 atom stereocenters. The van der Waals surface area contributed by atoms with Gasteiger partial charge in [0.15, 0.2) is 0 Å². The van der Waals surface area contributed by atoms with Crippen LogP contribution in [0, 0.1) is 5.92 Å². The van der Waals surface area contributed by atoms with Crippen LogP contribution in [0.2, 0.25) is 0 Å². The summed E-state index contributed by atoms with van der Waals surface area (Å²) in [5, 5.41) is 0. The zero-order chi connectivity index (χ0) is 14.2. The average molecular weight is 285 g/mol. The topological polar surface area (TPSA) is 53.1 Å². The summed E-state index contributed by atoms with van der Waals surface area (Å²) in [7, 11) is 0. The predicted octanol–water partition coefficient (Wildman–Crippen LogP) is 3.31. The van der Waals surface area contributed by atoms with Gasteiger partial charge in [-0.2, -0.15) is 0 Å². The van der Waals surface area contributed by atoms with Gasteiger partial charge in [-0.05, 0) is 56.2 Å². The van der Waals surface area contributed by atoms with Gasteiger partial charge in [0.25, 0.3) is 0 Å². The van der Waals surface area contributed by atoms with Gasteiger partial charge < -0.3 is 15.0 Å². The lowest BCUT2D eigenvalue weighted by Gasteiger charge is -2.09. The molecule has 2 fully saturated rings. The molecule has 2 aliphatic carbocycles. The molecule has 1 aromatic carbocycles. The number of hydrogen-bond acceptors (Lipinski definition) is 3. The van der Waals surface area contributed by atoms with Crippen LogP contribution in [0.15, 0.2) is 18.2 Å². The number of rotatable bonds is 7. The molecule has 0 saturated heterocycles. The van der Waals surface area contributed by atoms with E-state index in [0.29, 0.717) is 5.92 Å². The van der Waals surface area contributed by atoms with E-state index in [0.717, 1.165) is 43.3 Å². The Kier molecular flexibility index (Phi) is 3.34. The number of nitrogens with zero attached hydrogens (tertiary/aromatic N) is 2. The molecule has 0 unspecified atom stereocenters. The van der Waals surface area contributed by atoms with Crippen LogP contribution in [0.3, 0.4) is 0 Å². The van der Waals surface area contributed by atoms with Crippen LogP contribution in [0.5, 0.6) is 0 Å². The third-order valence-corrected chi connectivity index (χ3v) is 4.47. The minimum absolute atomic E-state index is 0.658. The van der Waals surface area contributed by atoms with Crippen LogP contribution >= 0.6 is 0 Å². The van der Waals surface area contributed by atoms with Crippen LogP contribution in [-0.2, 0) is 11.3 Å². The molecule has 2 saturated carbocycles. The molecule has 2 aromatic rings. The van der Waals surface area contributed by atoms with E-state index < -0.39 is 0 Å². The molecular weight excluding hydrogens is 262 g/mol. The van der Waals surface area contributed by atoms with Crippen LogP contribution in [-0.4, -0.2) is 22.8 Å². The molecule has 112 valence electrons. The summed E-state index contributed by atoms with van der Waals surface area (Å²) in [6.07, 6.45) is 6.33. The van der Waals surface area contributed by atoms with E-state index in [4.69, 9.17) is 15.5 Å². The highest BCUT2D eigenvalue weighted by Gasteiger charge is 2.29. The largest absolute Gasteiger partial charge is 0.399 e. The standard InChI is InChI=1S/C17H23N3O/c18-14-6-7-16-15(10-14)19-17(13-4-5-13)20(16)8-1-9-21-11-12-2-3-12/h6-7,10,12-13H,1-5,8-9,11,18H2. The van der Waals surface area contributed by atoms with Crippen LogP contribution in [0.25, 0.3) is 11.0 Å². The van der Waals surface area contributed by atoms with E-state index in [1.165, 1.54) is 37.0 Å². The van der Waals surface area contributed by atoms with Crippen molar-refractivity contribution in [3.05, 3.63) is 24.0 Å². The Labute approximate surface area is 125 Å². The Morgan fingerprint density at radius 2 is 2.10 bits per heavy atom. The Morgan fingerprint density at radius 3 is 2.86 bits per heavy atom. The zero-order valence-corrected chi connectivity index (χ0v) is 12.4. The Morgan fingerprint density at radius 1 is 1.24 bits per heavy atom. The van der Waals surface area contributed by atoms with Gasteiger partial charge in [0.05, 0.1) is 11.0 Å². The number of nitrogens with two attached hydrogens (primary N) is 1. The molecule has 2 N–H and O–H groups in total. The first-order valence-electron chi connectivity index (χ1n) is 8.14. The Hall–Kier alpha value is -1.55. The molecule has 0 radical (unpaired) electrons. The smallest absolute Gasteiger partial charge is 0.112 e. The highest BCUT2D eigenvalue weighted by atomic mass is 16.5. The van der Waals surface area contributed by atoms with Crippen molar-refractivity contribution in [2.24, 2.45) is 5.92 Å². The van der Waals surface area contributed by atoms with Gasteiger partial charge in [-0.1, -0.05) is 0 Å². The minimum Gasteiger partial charge on any atom is -0.399 e. The van der Waals surface area contributed by atoms with Gasteiger partial charge in [0, 0.05) is 31.4 Å². The molecule has 4 nitrogen and oxygen atoms in total. The number of fused-ring (bicyclic) bond motifs is 1. The van der Waals surface area contributed by atoms with Crippen molar-refractivity contribution in [2.75, 3.05) is 18.9 Å². The lowest BCUT2D eigenvalue weighted by Crippen LogP contribution is -2.07. The van der Waals surface area contributed by atoms with Gasteiger partial charge in [0.2, 0.25) is 0 Å². The van der Waals surface area contributed by atoms with E-state index in [2.05, 4.69) is 10.6 Å². The molecule has 21 heavy (non-hydrogen) atoms. The molecule has 4 rings (SSSR count). The number of imidazole rings is 1. The van der Waals surface area contributed by atoms with E-state index in [1.807, 2.05) is 12.1 Å². The Bertz CT molecular complexity index is 641. The number of benzene rings is 1.